The van der Waals surface area contributed by atoms with Crippen LogP contribution in [0.2, 0.25) is 0 Å². The third-order valence-electron chi connectivity index (χ3n) is 1.50. The van der Waals surface area contributed by atoms with Crippen molar-refractivity contribution >= 4 is 0 Å². The molecule has 0 N–H and O–H groups in total. The Balaban J connectivity index is 0.000000222. The van der Waals surface area contributed by atoms with E-state index in [1.54, 1.807) is 0 Å². The van der Waals surface area contributed by atoms with Crippen LogP contribution in [0.3, 0.4) is 0 Å². The monoisotopic (exact) mass is 112 g/mol. The van der Waals surface area contributed by atoms with E-state index in [4.69, 9.17) is 10.8 Å². The smallest absolute Gasteiger partial charge is 0 e. The normalized spacial score (nSPS) is 18.2. The standard InChI is InChI=1S/C6H12.N2/c1-2-4-6-5-3-1;1-2/h1-6H2;. The summed E-state index contributed by atoms with van der Waals surface area (Å²) < 4.78 is 0. The molecular weight excluding hydrogens is 100 g/mol. The number of nitrogens with zero attached hydrogens (tertiary/aromatic N) is 2. The highest BCUT2D eigenvalue weighted by Gasteiger charge is 1.95. The van der Waals surface area contributed by atoms with Crippen molar-refractivity contribution in [3.63, 3.8) is 0 Å². The van der Waals surface area contributed by atoms with E-state index < -0.39 is 0 Å². The molecule has 2 heteroatoms. The highest BCUT2D eigenvalue weighted by Crippen LogP contribution is 2.15. The van der Waals surface area contributed by atoms with Gasteiger partial charge in [0.1, 0.15) is 0 Å². The molecule has 1 aliphatic rings. The van der Waals surface area contributed by atoms with Gasteiger partial charge in [0.2, 0.25) is 0 Å². The lowest BCUT2D eigenvalue weighted by Gasteiger charge is -2.05. The Labute approximate surface area is 50.3 Å². The zero-order valence-electron chi connectivity index (χ0n) is 5.14. The molecule has 0 aliphatic heterocycles. The molecule has 8 heavy (non-hydrogen) atoms. The van der Waals surface area contributed by atoms with Gasteiger partial charge in [0.15, 0.2) is 0 Å². The van der Waals surface area contributed by atoms with Gasteiger partial charge in [0, 0.05) is 10.8 Å². The summed E-state index contributed by atoms with van der Waals surface area (Å²) in [6, 6.07) is 0. The van der Waals surface area contributed by atoms with Crippen molar-refractivity contribution in [1.29, 1.82) is 10.8 Å². The Bertz CT molecular complexity index is 43.3. The predicted octanol–water partition coefficient (Wildman–Crippen LogP) is 2.37. The molecule has 1 rings (SSSR count). The third kappa shape index (κ3) is 3.60. The fourth-order valence-corrected chi connectivity index (χ4v) is 1.06. The van der Waals surface area contributed by atoms with Gasteiger partial charge < -0.3 is 0 Å². The van der Waals surface area contributed by atoms with E-state index in [2.05, 4.69) is 0 Å². The maximum atomic E-state index is 6.00. The summed E-state index contributed by atoms with van der Waals surface area (Å²) in [5, 5.41) is 12.0. The molecule has 0 spiro atoms. The molecule has 0 unspecified atom stereocenters. The molecule has 0 heterocycles. The van der Waals surface area contributed by atoms with Crippen molar-refractivity contribution in [1.82, 2.24) is 0 Å². The molecule has 1 saturated carbocycles. The molecule has 0 atom stereocenters. The van der Waals surface area contributed by atoms with E-state index in [-0.39, 0.29) is 0 Å². The van der Waals surface area contributed by atoms with Gasteiger partial charge in [-0.3, -0.25) is 0 Å². The quantitative estimate of drug-likeness (QED) is 0.451. The Morgan fingerprint density at radius 3 is 0.750 bits per heavy atom. The molecule has 0 aromatic carbocycles. The Hall–Kier alpha value is -0.580. The van der Waals surface area contributed by atoms with Crippen LogP contribution in [-0.2, 0) is 0 Å². The Kier molecular flexibility index (Phi) is 5.95. The van der Waals surface area contributed by atoms with Crippen molar-refractivity contribution in [2.45, 2.75) is 38.5 Å². The van der Waals surface area contributed by atoms with Crippen LogP contribution in [0.5, 0.6) is 0 Å². The fraction of sp³-hybridized carbons (Fsp3) is 1.00. The first-order chi connectivity index (χ1) is 4.00. The molecule has 1 fully saturated rings. The van der Waals surface area contributed by atoms with E-state index in [1.165, 1.54) is 38.5 Å². The van der Waals surface area contributed by atoms with E-state index in [0.29, 0.717) is 0 Å². The maximum Gasteiger partial charge on any atom is 0 e. The van der Waals surface area contributed by atoms with E-state index in [0.717, 1.165) is 0 Å². The number of hydrogen-bond donors (Lipinski definition) is 0. The van der Waals surface area contributed by atoms with Crippen molar-refractivity contribution in [3.8, 4) is 0 Å². The Morgan fingerprint density at radius 2 is 0.625 bits per heavy atom. The molecule has 1 aliphatic carbocycles. The minimum absolute atomic E-state index is 1.50. The van der Waals surface area contributed by atoms with Gasteiger partial charge in [0.05, 0.1) is 0 Å². The van der Waals surface area contributed by atoms with Crippen LogP contribution in [0.1, 0.15) is 38.5 Å². The molecule has 0 amide bonds. The van der Waals surface area contributed by atoms with Crippen molar-refractivity contribution < 1.29 is 0 Å². The fourth-order valence-electron chi connectivity index (χ4n) is 1.06. The van der Waals surface area contributed by atoms with Gasteiger partial charge in [0.25, 0.3) is 0 Å². The number of rotatable bonds is 0. The molecule has 0 aromatic heterocycles. The Morgan fingerprint density at radius 1 is 0.500 bits per heavy atom. The van der Waals surface area contributed by atoms with Crippen LogP contribution in [0.15, 0.2) is 0 Å². The molecule has 0 saturated heterocycles. The van der Waals surface area contributed by atoms with Crippen molar-refractivity contribution in [3.05, 3.63) is 0 Å². The van der Waals surface area contributed by atoms with Crippen LogP contribution in [0.25, 0.3) is 0 Å². The van der Waals surface area contributed by atoms with E-state index in [9.17, 15) is 0 Å². The van der Waals surface area contributed by atoms with Crippen LogP contribution in [0.4, 0.5) is 0 Å². The maximum absolute atomic E-state index is 6.00. The van der Waals surface area contributed by atoms with E-state index in [1.807, 2.05) is 0 Å². The lowest BCUT2D eigenvalue weighted by molar-refractivity contribution is 0.504. The second kappa shape index (κ2) is 6.42. The second-order valence-corrected chi connectivity index (χ2v) is 2.12. The topological polar surface area (TPSA) is 47.6 Å². The first kappa shape index (κ1) is 7.42. The van der Waals surface area contributed by atoms with Gasteiger partial charge >= 0.3 is 0 Å². The van der Waals surface area contributed by atoms with Gasteiger partial charge in [-0.25, -0.2) is 0 Å². The average molecular weight is 112 g/mol. The lowest BCUT2D eigenvalue weighted by Crippen LogP contribution is -1.85. The summed E-state index contributed by atoms with van der Waals surface area (Å²) in [6.07, 6.45) is 9.00. The summed E-state index contributed by atoms with van der Waals surface area (Å²) in [7, 11) is 0. The minimum Gasteiger partial charge on any atom is -0.0533 e. The highest BCUT2D eigenvalue weighted by atomic mass is 14.6. The minimum atomic E-state index is 1.50. The van der Waals surface area contributed by atoms with Gasteiger partial charge in [-0.2, -0.15) is 0 Å². The summed E-state index contributed by atoms with van der Waals surface area (Å²) in [5.41, 5.74) is 0. The average Bonchev–Trinajstić information content (AvgIpc) is 1.96. The highest BCUT2D eigenvalue weighted by molar-refractivity contribution is 4.51. The van der Waals surface area contributed by atoms with Crippen molar-refractivity contribution in [2.75, 3.05) is 0 Å². The largest absolute Gasteiger partial charge is 0.0533 e. The van der Waals surface area contributed by atoms with Gasteiger partial charge in [-0.1, -0.05) is 38.5 Å². The summed E-state index contributed by atoms with van der Waals surface area (Å²) in [4.78, 5) is 0. The van der Waals surface area contributed by atoms with Crippen LogP contribution in [0, 0.1) is 10.8 Å². The zero-order chi connectivity index (χ0) is 6.24. The molecule has 0 aromatic rings. The molecule has 46 valence electrons. The van der Waals surface area contributed by atoms with Crippen LogP contribution < -0.4 is 0 Å². The summed E-state index contributed by atoms with van der Waals surface area (Å²) in [5.74, 6) is 0. The zero-order valence-corrected chi connectivity index (χ0v) is 5.14. The van der Waals surface area contributed by atoms with Crippen molar-refractivity contribution in [2.24, 2.45) is 0 Å². The van der Waals surface area contributed by atoms with Crippen LogP contribution in [-0.4, -0.2) is 0 Å². The number of hydrogen-bond acceptors (Lipinski definition) is 2. The predicted molar refractivity (Wildman–Crippen MR) is 31.2 cm³/mol. The molecular formula is C6H12N2. The third-order valence-corrected chi connectivity index (χ3v) is 1.50. The second-order valence-electron chi connectivity index (χ2n) is 2.12. The molecule has 2 nitrogen and oxygen atoms in total. The first-order valence-electron chi connectivity index (χ1n) is 3.20. The van der Waals surface area contributed by atoms with Gasteiger partial charge in [-0.15, -0.1) is 0 Å². The summed E-state index contributed by atoms with van der Waals surface area (Å²) >= 11 is 0. The molecule has 0 radical (unpaired) electrons. The van der Waals surface area contributed by atoms with E-state index >= 15 is 0 Å². The molecule has 0 bridgehead atoms. The lowest BCUT2D eigenvalue weighted by atomic mass is 10.0. The SMILES string of the molecule is C1CCCCC1.N#N. The van der Waals surface area contributed by atoms with Crippen LogP contribution >= 0.6 is 0 Å². The van der Waals surface area contributed by atoms with Gasteiger partial charge in [-0.05, 0) is 0 Å². The summed E-state index contributed by atoms with van der Waals surface area (Å²) in [6.45, 7) is 0. The first-order valence-corrected chi connectivity index (χ1v) is 3.20.